The minimum absolute atomic E-state index is 0.174. The van der Waals surface area contributed by atoms with E-state index in [2.05, 4.69) is 10.00 Å². The van der Waals surface area contributed by atoms with Crippen LogP contribution in [0.3, 0.4) is 0 Å². The highest BCUT2D eigenvalue weighted by Gasteiger charge is 2.28. The molecule has 1 saturated heterocycles. The second-order valence-corrected chi connectivity index (χ2v) is 8.45. The van der Waals surface area contributed by atoms with E-state index in [9.17, 15) is 18.8 Å². The molecule has 1 aromatic heterocycles. The zero-order valence-corrected chi connectivity index (χ0v) is 19.7. The number of esters is 1. The van der Waals surface area contributed by atoms with Gasteiger partial charge in [0.05, 0.1) is 22.6 Å². The number of carbonyl (C=O) groups excluding carboxylic acids is 3. The Morgan fingerprint density at radius 2 is 1.60 bits per heavy atom. The minimum Gasteiger partial charge on any atom is -0.450 e. The fourth-order valence-corrected chi connectivity index (χ4v) is 4.20. The van der Waals surface area contributed by atoms with Crippen molar-refractivity contribution in [3.8, 4) is 5.69 Å². The van der Waals surface area contributed by atoms with Gasteiger partial charge in [-0.2, -0.15) is 5.10 Å². The molecule has 2 heterocycles. The molecule has 0 aliphatic carbocycles. The lowest BCUT2D eigenvalue weighted by Gasteiger charge is -2.34. The number of aryl methyl sites for hydroxylation is 1. The van der Waals surface area contributed by atoms with Crippen LogP contribution >= 0.6 is 0 Å². The van der Waals surface area contributed by atoms with Crippen LogP contribution in [0.5, 0.6) is 0 Å². The Morgan fingerprint density at radius 3 is 2.29 bits per heavy atom. The Bertz CT molecular complexity index is 1230. The summed E-state index contributed by atoms with van der Waals surface area (Å²) >= 11 is 0. The molecule has 8 nitrogen and oxygen atoms in total. The van der Waals surface area contributed by atoms with Crippen LogP contribution in [0.15, 0.2) is 54.6 Å². The molecule has 0 spiro atoms. The zero-order valence-electron chi connectivity index (χ0n) is 19.7. The van der Waals surface area contributed by atoms with E-state index < -0.39 is 18.4 Å². The van der Waals surface area contributed by atoms with E-state index in [1.807, 2.05) is 30.3 Å². The number of amides is 1. The Balaban J connectivity index is 1.30. The van der Waals surface area contributed by atoms with Crippen molar-refractivity contribution in [2.45, 2.75) is 20.4 Å². The molecule has 9 heteroatoms. The van der Waals surface area contributed by atoms with E-state index in [1.54, 1.807) is 41.6 Å². The topological polar surface area (TPSA) is 84.7 Å². The van der Waals surface area contributed by atoms with Gasteiger partial charge in [0.15, 0.2) is 6.61 Å². The second-order valence-electron chi connectivity index (χ2n) is 8.45. The summed E-state index contributed by atoms with van der Waals surface area (Å²) in [6.07, 6.45) is 0. The lowest BCUT2D eigenvalue weighted by atomic mass is 10.1. The van der Waals surface area contributed by atoms with Gasteiger partial charge in [0.25, 0.3) is 11.7 Å². The number of benzene rings is 2. The van der Waals surface area contributed by atoms with Gasteiger partial charge < -0.3 is 9.64 Å². The van der Waals surface area contributed by atoms with Crippen molar-refractivity contribution < 1.29 is 23.5 Å². The average Bonchev–Trinajstić information content (AvgIpc) is 3.17. The van der Waals surface area contributed by atoms with E-state index >= 15 is 0 Å². The van der Waals surface area contributed by atoms with Gasteiger partial charge in [0, 0.05) is 38.3 Å². The largest absolute Gasteiger partial charge is 0.450 e. The van der Waals surface area contributed by atoms with E-state index in [1.165, 1.54) is 6.07 Å². The molecule has 182 valence electrons. The zero-order chi connectivity index (χ0) is 24.9. The predicted octanol–water partition coefficient (Wildman–Crippen LogP) is 2.70. The van der Waals surface area contributed by atoms with Crippen molar-refractivity contribution in [1.82, 2.24) is 19.6 Å². The summed E-state index contributed by atoms with van der Waals surface area (Å²) in [6, 6.07) is 15.9. The van der Waals surface area contributed by atoms with Crippen LogP contribution in [0.4, 0.5) is 4.39 Å². The third kappa shape index (κ3) is 5.46. The SMILES string of the molecule is Cc1nn(-c2ccccc2)c(C)c1C(=O)C(=O)OCC(=O)N1CCN(Cc2ccccc2F)CC1. The van der Waals surface area contributed by atoms with Crippen LogP contribution in [0.1, 0.15) is 27.3 Å². The van der Waals surface area contributed by atoms with Crippen molar-refractivity contribution in [1.29, 1.82) is 0 Å². The predicted molar refractivity (Wildman–Crippen MR) is 127 cm³/mol. The summed E-state index contributed by atoms with van der Waals surface area (Å²) < 4.78 is 20.5. The van der Waals surface area contributed by atoms with Crippen molar-refractivity contribution in [3.05, 3.63) is 82.9 Å². The lowest BCUT2D eigenvalue weighted by Crippen LogP contribution is -2.49. The highest BCUT2D eigenvalue weighted by atomic mass is 19.1. The van der Waals surface area contributed by atoms with Gasteiger partial charge in [-0.05, 0) is 32.0 Å². The Morgan fingerprint density at radius 1 is 0.943 bits per heavy atom. The first kappa shape index (κ1) is 24.3. The van der Waals surface area contributed by atoms with Crippen LogP contribution in [0, 0.1) is 19.7 Å². The average molecular weight is 479 g/mol. The molecule has 0 unspecified atom stereocenters. The summed E-state index contributed by atoms with van der Waals surface area (Å²) in [5, 5.41) is 4.38. The number of hydrogen-bond donors (Lipinski definition) is 0. The first-order chi connectivity index (χ1) is 16.8. The van der Waals surface area contributed by atoms with Crippen LogP contribution in [-0.4, -0.2) is 70.0 Å². The first-order valence-electron chi connectivity index (χ1n) is 11.4. The molecule has 2 aromatic carbocycles. The van der Waals surface area contributed by atoms with Crippen LogP contribution in [0.25, 0.3) is 5.69 Å². The molecule has 0 N–H and O–H groups in total. The number of ether oxygens (including phenoxy) is 1. The lowest BCUT2D eigenvalue weighted by molar-refractivity contribution is -0.149. The van der Waals surface area contributed by atoms with Gasteiger partial charge in [-0.15, -0.1) is 0 Å². The third-order valence-corrected chi connectivity index (χ3v) is 6.11. The van der Waals surface area contributed by atoms with Gasteiger partial charge in [-0.25, -0.2) is 13.9 Å². The van der Waals surface area contributed by atoms with Crippen LogP contribution < -0.4 is 0 Å². The fourth-order valence-electron chi connectivity index (χ4n) is 4.20. The third-order valence-electron chi connectivity index (χ3n) is 6.11. The smallest absolute Gasteiger partial charge is 0.380 e. The van der Waals surface area contributed by atoms with E-state index in [-0.39, 0.29) is 17.3 Å². The number of halogens is 1. The van der Waals surface area contributed by atoms with Gasteiger partial charge in [-0.3, -0.25) is 14.5 Å². The van der Waals surface area contributed by atoms with E-state index in [0.29, 0.717) is 49.7 Å². The molecule has 1 aliphatic rings. The number of hydrogen-bond acceptors (Lipinski definition) is 6. The summed E-state index contributed by atoms with van der Waals surface area (Å²) in [6.45, 7) is 5.32. The number of ketones is 1. The molecule has 1 aliphatic heterocycles. The number of piperazine rings is 1. The summed E-state index contributed by atoms with van der Waals surface area (Å²) in [5.41, 5.74) is 2.48. The number of carbonyl (C=O) groups is 3. The normalized spacial score (nSPS) is 14.1. The van der Waals surface area contributed by atoms with Crippen LogP contribution in [-0.2, 0) is 20.9 Å². The molecular formula is C26H27FN4O4. The van der Waals surface area contributed by atoms with E-state index in [4.69, 9.17) is 4.74 Å². The molecule has 3 aromatic rings. The molecule has 0 radical (unpaired) electrons. The standard InChI is InChI=1S/C26H27FN4O4/c1-18-24(19(2)31(28-18)21-9-4-3-5-10-21)25(33)26(34)35-17-23(32)30-14-12-29(13-15-30)16-20-8-6-7-11-22(20)27/h3-11H,12-17H2,1-2H3. The molecule has 35 heavy (non-hydrogen) atoms. The Kier molecular flexibility index (Phi) is 7.36. The van der Waals surface area contributed by atoms with Gasteiger partial charge in [-0.1, -0.05) is 36.4 Å². The molecule has 0 saturated carbocycles. The number of rotatable bonds is 7. The molecular weight excluding hydrogens is 451 g/mol. The van der Waals surface area contributed by atoms with Gasteiger partial charge in [0.1, 0.15) is 5.82 Å². The molecule has 1 fully saturated rings. The maximum atomic E-state index is 13.9. The Labute approximate surface area is 202 Å². The summed E-state index contributed by atoms with van der Waals surface area (Å²) in [4.78, 5) is 41.4. The number of para-hydroxylation sites is 1. The summed E-state index contributed by atoms with van der Waals surface area (Å²) in [7, 11) is 0. The fraction of sp³-hybridized carbons (Fsp3) is 0.308. The highest BCUT2D eigenvalue weighted by molar-refractivity contribution is 6.41. The minimum atomic E-state index is -1.09. The Hall–Kier alpha value is -3.85. The van der Waals surface area contributed by atoms with E-state index in [0.717, 1.165) is 5.69 Å². The number of nitrogens with zero attached hydrogens (tertiary/aromatic N) is 4. The van der Waals surface area contributed by atoms with Crippen molar-refractivity contribution in [3.63, 3.8) is 0 Å². The van der Waals surface area contributed by atoms with Crippen LogP contribution in [0.2, 0.25) is 0 Å². The highest BCUT2D eigenvalue weighted by Crippen LogP contribution is 2.19. The molecule has 4 rings (SSSR count). The summed E-state index contributed by atoms with van der Waals surface area (Å²) in [5.74, 6) is -2.53. The number of aromatic nitrogens is 2. The number of Topliss-reactive ketones (excluding diaryl/α,β-unsaturated/α-hetero) is 1. The second kappa shape index (κ2) is 10.6. The van der Waals surface area contributed by atoms with Gasteiger partial charge >= 0.3 is 5.97 Å². The van der Waals surface area contributed by atoms with Gasteiger partial charge in [0.2, 0.25) is 0 Å². The first-order valence-corrected chi connectivity index (χ1v) is 11.4. The maximum Gasteiger partial charge on any atom is 0.380 e. The van der Waals surface area contributed by atoms with Crippen molar-refractivity contribution in [2.24, 2.45) is 0 Å². The molecule has 0 atom stereocenters. The monoisotopic (exact) mass is 478 g/mol. The quantitative estimate of drug-likeness (QED) is 0.295. The molecule has 0 bridgehead atoms. The maximum absolute atomic E-state index is 13.9. The van der Waals surface area contributed by atoms with Crippen molar-refractivity contribution >= 4 is 17.7 Å². The molecule has 1 amide bonds. The van der Waals surface area contributed by atoms with Crippen molar-refractivity contribution in [2.75, 3.05) is 32.8 Å².